The average molecular weight is 239 g/mol. The number of carbonyl (C=O) groups excluding carboxylic acids is 1. The van der Waals surface area contributed by atoms with Gasteiger partial charge in [-0.3, -0.25) is 4.79 Å². The topological polar surface area (TPSA) is 60.8 Å². The molecule has 0 spiro atoms. The molecule has 0 heterocycles. The van der Waals surface area contributed by atoms with Gasteiger partial charge in [0.15, 0.2) is 0 Å². The van der Waals surface area contributed by atoms with Crippen LogP contribution in [0.3, 0.4) is 0 Å². The van der Waals surface area contributed by atoms with Crippen molar-refractivity contribution >= 4 is 18.5 Å². The SMILES string of the molecule is CCN(CC)C(=O)c1cc(F)cc(B(O)O)c1. The summed E-state index contributed by atoms with van der Waals surface area (Å²) in [6, 6.07) is 3.37. The first-order valence-electron chi connectivity index (χ1n) is 5.45. The minimum absolute atomic E-state index is 0.0273. The summed E-state index contributed by atoms with van der Waals surface area (Å²) in [4.78, 5) is 13.5. The molecule has 0 saturated heterocycles. The number of carbonyl (C=O) groups is 1. The van der Waals surface area contributed by atoms with E-state index >= 15 is 0 Å². The Morgan fingerprint density at radius 3 is 2.35 bits per heavy atom. The number of rotatable bonds is 4. The minimum Gasteiger partial charge on any atom is -0.423 e. The van der Waals surface area contributed by atoms with Crippen molar-refractivity contribution in [2.75, 3.05) is 13.1 Å². The largest absolute Gasteiger partial charge is 0.488 e. The Morgan fingerprint density at radius 1 is 1.29 bits per heavy atom. The monoisotopic (exact) mass is 239 g/mol. The third-order valence-electron chi connectivity index (χ3n) is 2.52. The fraction of sp³-hybridized carbons (Fsp3) is 0.364. The molecule has 1 aromatic carbocycles. The van der Waals surface area contributed by atoms with Gasteiger partial charge in [0.05, 0.1) is 0 Å². The average Bonchev–Trinajstić information content (AvgIpc) is 2.29. The summed E-state index contributed by atoms with van der Waals surface area (Å²) in [7, 11) is -1.78. The van der Waals surface area contributed by atoms with Gasteiger partial charge in [-0.1, -0.05) is 0 Å². The predicted octanol–water partition coefficient (Wildman–Crippen LogP) is -0.0125. The number of halogens is 1. The van der Waals surface area contributed by atoms with Crippen LogP contribution in [0.1, 0.15) is 24.2 Å². The summed E-state index contributed by atoms with van der Waals surface area (Å²) < 4.78 is 13.2. The van der Waals surface area contributed by atoms with Crippen LogP contribution in [-0.4, -0.2) is 41.1 Å². The maximum atomic E-state index is 13.2. The molecule has 0 unspecified atom stereocenters. The summed E-state index contributed by atoms with van der Waals surface area (Å²) in [5, 5.41) is 17.9. The second-order valence-electron chi connectivity index (χ2n) is 3.62. The molecule has 1 amide bonds. The second kappa shape index (κ2) is 5.79. The molecule has 1 rings (SSSR count). The van der Waals surface area contributed by atoms with Crippen LogP contribution >= 0.6 is 0 Å². The van der Waals surface area contributed by atoms with Crippen molar-refractivity contribution in [3.05, 3.63) is 29.6 Å². The summed E-state index contributed by atoms with van der Waals surface area (Å²) in [5.41, 5.74) is 0.0947. The molecule has 0 saturated carbocycles. The molecule has 0 bridgehead atoms. The number of nitrogens with zero attached hydrogens (tertiary/aromatic N) is 1. The van der Waals surface area contributed by atoms with Crippen molar-refractivity contribution in [3.8, 4) is 0 Å². The van der Waals surface area contributed by atoms with E-state index in [0.717, 1.165) is 12.1 Å². The molecule has 2 N–H and O–H groups in total. The van der Waals surface area contributed by atoms with Gasteiger partial charge in [0.25, 0.3) is 5.91 Å². The molecule has 0 atom stereocenters. The molecular formula is C11H15BFNO3. The van der Waals surface area contributed by atoms with Crippen LogP contribution in [0, 0.1) is 5.82 Å². The number of amides is 1. The Labute approximate surface area is 99.8 Å². The first-order chi connectivity index (χ1) is 7.99. The van der Waals surface area contributed by atoms with E-state index in [4.69, 9.17) is 10.0 Å². The minimum atomic E-state index is -1.78. The lowest BCUT2D eigenvalue weighted by molar-refractivity contribution is 0.0772. The molecule has 0 aliphatic carbocycles. The van der Waals surface area contributed by atoms with Crippen LogP contribution in [-0.2, 0) is 0 Å². The van der Waals surface area contributed by atoms with E-state index in [1.54, 1.807) is 0 Å². The number of benzene rings is 1. The highest BCUT2D eigenvalue weighted by Gasteiger charge is 2.18. The molecule has 4 nitrogen and oxygen atoms in total. The van der Waals surface area contributed by atoms with Gasteiger partial charge in [0, 0.05) is 18.7 Å². The van der Waals surface area contributed by atoms with Crippen LogP contribution in [0.25, 0.3) is 0 Å². The highest BCUT2D eigenvalue weighted by atomic mass is 19.1. The fourth-order valence-electron chi connectivity index (χ4n) is 1.58. The standard InChI is InChI=1S/C11H15BFNO3/c1-3-14(4-2)11(15)8-5-9(12(16)17)7-10(13)6-8/h5-7,16-17H,3-4H2,1-2H3. The van der Waals surface area contributed by atoms with Crippen LogP contribution < -0.4 is 5.46 Å². The van der Waals surface area contributed by atoms with Crippen molar-refractivity contribution in [1.29, 1.82) is 0 Å². The number of hydrogen-bond acceptors (Lipinski definition) is 3. The molecular weight excluding hydrogens is 224 g/mol. The molecule has 92 valence electrons. The summed E-state index contributed by atoms with van der Waals surface area (Å²) in [6.07, 6.45) is 0. The van der Waals surface area contributed by atoms with E-state index in [9.17, 15) is 9.18 Å². The van der Waals surface area contributed by atoms with Crippen molar-refractivity contribution < 1.29 is 19.2 Å². The van der Waals surface area contributed by atoms with Crippen LogP contribution in [0.4, 0.5) is 4.39 Å². The van der Waals surface area contributed by atoms with Gasteiger partial charge in [-0.2, -0.15) is 0 Å². The lowest BCUT2D eigenvalue weighted by Gasteiger charge is -2.19. The maximum absolute atomic E-state index is 13.2. The summed E-state index contributed by atoms with van der Waals surface area (Å²) >= 11 is 0. The van der Waals surface area contributed by atoms with Gasteiger partial charge in [-0.05, 0) is 37.5 Å². The molecule has 0 aliphatic rings. The molecule has 1 aromatic rings. The highest BCUT2D eigenvalue weighted by molar-refractivity contribution is 6.58. The predicted molar refractivity (Wildman–Crippen MR) is 63.5 cm³/mol. The van der Waals surface area contributed by atoms with E-state index in [2.05, 4.69) is 0 Å². The van der Waals surface area contributed by atoms with Crippen molar-refractivity contribution in [3.63, 3.8) is 0 Å². The first kappa shape index (κ1) is 13.7. The third kappa shape index (κ3) is 3.28. The van der Waals surface area contributed by atoms with Crippen molar-refractivity contribution in [2.24, 2.45) is 0 Å². The van der Waals surface area contributed by atoms with Crippen LogP contribution in [0.2, 0.25) is 0 Å². The number of hydrogen-bond donors (Lipinski definition) is 2. The zero-order valence-electron chi connectivity index (χ0n) is 9.85. The Bertz CT molecular complexity index is 408. The van der Waals surface area contributed by atoms with Gasteiger partial charge < -0.3 is 14.9 Å². The Hall–Kier alpha value is -1.40. The lowest BCUT2D eigenvalue weighted by atomic mass is 9.79. The van der Waals surface area contributed by atoms with Gasteiger partial charge >= 0.3 is 7.12 Å². The van der Waals surface area contributed by atoms with Crippen molar-refractivity contribution in [2.45, 2.75) is 13.8 Å². The molecule has 6 heteroatoms. The van der Waals surface area contributed by atoms with E-state index in [1.165, 1.54) is 11.0 Å². The highest BCUT2D eigenvalue weighted by Crippen LogP contribution is 2.06. The summed E-state index contributed by atoms with van der Waals surface area (Å²) in [5.74, 6) is -0.984. The Morgan fingerprint density at radius 2 is 1.88 bits per heavy atom. The van der Waals surface area contributed by atoms with Crippen molar-refractivity contribution in [1.82, 2.24) is 4.90 Å². The van der Waals surface area contributed by atoms with Crippen LogP contribution in [0.15, 0.2) is 18.2 Å². The molecule has 0 aliphatic heterocycles. The Kier molecular flexibility index (Phi) is 4.66. The smallest absolute Gasteiger partial charge is 0.423 e. The molecule has 17 heavy (non-hydrogen) atoms. The maximum Gasteiger partial charge on any atom is 0.488 e. The molecule has 0 fully saturated rings. The van der Waals surface area contributed by atoms with E-state index in [-0.39, 0.29) is 16.9 Å². The van der Waals surface area contributed by atoms with Gasteiger partial charge in [-0.15, -0.1) is 0 Å². The van der Waals surface area contributed by atoms with E-state index in [1.807, 2.05) is 13.8 Å². The zero-order valence-corrected chi connectivity index (χ0v) is 9.85. The molecule has 0 aromatic heterocycles. The van der Waals surface area contributed by atoms with E-state index in [0.29, 0.717) is 13.1 Å². The second-order valence-corrected chi connectivity index (χ2v) is 3.62. The van der Waals surface area contributed by atoms with Gasteiger partial charge in [0.2, 0.25) is 0 Å². The van der Waals surface area contributed by atoms with E-state index < -0.39 is 12.9 Å². The van der Waals surface area contributed by atoms with Gasteiger partial charge in [-0.25, -0.2) is 4.39 Å². The van der Waals surface area contributed by atoms with Crippen LogP contribution in [0.5, 0.6) is 0 Å². The summed E-state index contributed by atoms with van der Waals surface area (Å²) in [6.45, 7) is 4.68. The quantitative estimate of drug-likeness (QED) is 0.726. The Balaban J connectivity index is 3.09. The zero-order chi connectivity index (χ0) is 13.0. The molecule has 0 radical (unpaired) electrons. The van der Waals surface area contributed by atoms with Gasteiger partial charge in [0.1, 0.15) is 5.82 Å². The fourth-order valence-corrected chi connectivity index (χ4v) is 1.58. The third-order valence-corrected chi connectivity index (χ3v) is 2.52. The normalized spacial score (nSPS) is 10.2. The first-order valence-corrected chi connectivity index (χ1v) is 5.45. The lowest BCUT2D eigenvalue weighted by Crippen LogP contribution is -2.34.